The molecule has 1 heterocycles. The van der Waals surface area contributed by atoms with E-state index in [1.807, 2.05) is 14.0 Å². The van der Waals surface area contributed by atoms with E-state index in [0.717, 1.165) is 11.3 Å². The molecule has 0 unspecified atom stereocenters. The van der Waals surface area contributed by atoms with E-state index in [4.69, 9.17) is 0 Å². The predicted octanol–water partition coefficient (Wildman–Crippen LogP) is 2.33. The number of hydrogen-bond acceptors (Lipinski definition) is 4. The first-order valence-corrected chi connectivity index (χ1v) is 6.89. The molecule has 0 aliphatic carbocycles. The maximum Gasteiger partial charge on any atom is 0.284 e. The fraction of sp³-hybridized carbons (Fsp3) is 0.231. The summed E-state index contributed by atoms with van der Waals surface area (Å²) >= 11 is 3.11. The molecule has 21 heavy (non-hydrogen) atoms. The first kappa shape index (κ1) is 15.2. The van der Waals surface area contributed by atoms with Crippen LogP contribution < -0.4 is 5.32 Å². The second-order valence-corrected chi connectivity index (χ2v) is 5.25. The molecular weight excluding hydrogens is 340 g/mol. The molecule has 110 valence electrons. The van der Waals surface area contributed by atoms with Crippen molar-refractivity contribution < 1.29 is 9.72 Å². The number of aromatic nitrogens is 2. The average Bonchev–Trinajstić information content (AvgIpc) is 2.76. The molecule has 8 heteroatoms. The van der Waals surface area contributed by atoms with Gasteiger partial charge in [0.2, 0.25) is 0 Å². The van der Waals surface area contributed by atoms with Gasteiger partial charge in [-0.25, -0.2) is 0 Å². The quantitative estimate of drug-likeness (QED) is 0.675. The topological polar surface area (TPSA) is 90.1 Å². The van der Waals surface area contributed by atoms with Gasteiger partial charge in [-0.1, -0.05) is 6.07 Å². The number of carbonyl (C=O) groups excluding carboxylic acids is 1. The Labute approximate surface area is 129 Å². The van der Waals surface area contributed by atoms with E-state index in [1.165, 1.54) is 18.2 Å². The summed E-state index contributed by atoms with van der Waals surface area (Å²) in [6.45, 7) is 2.21. The molecule has 0 radical (unpaired) electrons. The van der Waals surface area contributed by atoms with Crippen LogP contribution in [-0.2, 0) is 13.6 Å². The van der Waals surface area contributed by atoms with Crippen LogP contribution in [0.3, 0.4) is 0 Å². The zero-order chi connectivity index (χ0) is 15.6. The lowest BCUT2D eigenvalue weighted by Crippen LogP contribution is -2.23. The fourth-order valence-corrected chi connectivity index (χ4v) is 2.41. The van der Waals surface area contributed by atoms with Crippen LogP contribution in [-0.4, -0.2) is 20.6 Å². The van der Waals surface area contributed by atoms with Gasteiger partial charge < -0.3 is 5.32 Å². The molecule has 0 bridgehead atoms. The van der Waals surface area contributed by atoms with Crippen molar-refractivity contribution >= 4 is 27.5 Å². The van der Waals surface area contributed by atoms with Gasteiger partial charge in [-0.2, -0.15) is 5.10 Å². The Morgan fingerprint density at radius 2 is 2.24 bits per heavy atom. The lowest BCUT2D eigenvalue weighted by Gasteiger charge is -2.07. The summed E-state index contributed by atoms with van der Waals surface area (Å²) in [5.41, 5.74) is 1.94. The Kier molecular flexibility index (Phi) is 4.37. The molecule has 2 rings (SSSR count). The van der Waals surface area contributed by atoms with Crippen molar-refractivity contribution in [2.45, 2.75) is 13.5 Å². The van der Waals surface area contributed by atoms with Crippen molar-refractivity contribution in [3.63, 3.8) is 0 Å². The number of aryl methyl sites for hydroxylation is 1. The van der Waals surface area contributed by atoms with Gasteiger partial charge in [0.1, 0.15) is 4.47 Å². The lowest BCUT2D eigenvalue weighted by molar-refractivity contribution is -0.385. The zero-order valence-electron chi connectivity index (χ0n) is 11.5. The molecule has 2 aromatic rings. The number of amides is 1. The summed E-state index contributed by atoms with van der Waals surface area (Å²) in [7, 11) is 1.82. The summed E-state index contributed by atoms with van der Waals surface area (Å²) in [5, 5.41) is 17.7. The number of carbonyl (C=O) groups is 1. The molecular formula is C13H13BrN4O3. The highest BCUT2D eigenvalue weighted by Gasteiger charge is 2.19. The van der Waals surface area contributed by atoms with Gasteiger partial charge >= 0.3 is 0 Å². The van der Waals surface area contributed by atoms with Gasteiger partial charge in [0.05, 0.1) is 16.7 Å². The van der Waals surface area contributed by atoms with E-state index in [1.54, 1.807) is 10.9 Å². The number of nitrogens with zero attached hydrogens (tertiary/aromatic N) is 3. The molecule has 1 aromatic carbocycles. The number of halogens is 1. The molecule has 0 aliphatic rings. The normalized spacial score (nSPS) is 10.4. The maximum atomic E-state index is 12.1. The largest absolute Gasteiger partial charge is 0.348 e. The smallest absolute Gasteiger partial charge is 0.284 e. The fourth-order valence-electron chi connectivity index (χ4n) is 1.82. The number of nitro groups is 1. The minimum Gasteiger partial charge on any atom is -0.348 e. The standard InChI is InChI=1S/C13H13BrN4O3/c1-8-9(7-16-17(8)2)6-15-13(19)10-4-3-5-11(12(10)14)18(20)21/h3-5,7H,6H2,1-2H3,(H,15,19). The van der Waals surface area contributed by atoms with Crippen LogP contribution in [0, 0.1) is 17.0 Å². The summed E-state index contributed by atoms with van der Waals surface area (Å²) in [4.78, 5) is 22.5. The number of benzene rings is 1. The number of nitro benzene ring substituents is 1. The third-order valence-electron chi connectivity index (χ3n) is 3.20. The van der Waals surface area contributed by atoms with Gasteiger partial charge in [0, 0.05) is 30.9 Å². The summed E-state index contributed by atoms with van der Waals surface area (Å²) in [6, 6.07) is 4.35. The number of nitrogens with one attached hydrogen (secondary N) is 1. The van der Waals surface area contributed by atoms with E-state index in [2.05, 4.69) is 26.3 Å². The van der Waals surface area contributed by atoms with Crippen LogP contribution >= 0.6 is 15.9 Å². The highest BCUT2D eigenvalue weighted by molar-refractivity contribution is 9.10. The number of hydrogen-bond donors (Lipinski definition) is 1. The molecule has 0 saturated carbocycles. The summed E-state index contributed by atoms with van der Waals surface area (Å²) < 4.78 is 1.89. The molecule has 0 fully saturated rings. The first-order valence-electron chi connectivity index (χ1n) is 6.10. The van der Waals surface area contributed by atoms with Crippen molar-refractivity contribution in [1.82, 2.24) is 15.1 Å². The van der Waals surface area contributed by atoms with E-state index < -0.39 is 4.92 Å². The van der Waals surface area contributed by atoms with E-state index in [9.17, 15) is 14.9 Å². The highest BCUT2D eigenvalue weighted by Crippen LogP contribution is 2.28. The molecule has 1 amide bonds. The van der Waals surface area contributed by atoms with Crippen LogP contribution in [0.1, 0.15) is 21.6 Å². The maximum absolute atomic E-state index is 12.1. The second-order valence-electron chi connectivity index (χ2n) is 4.46. The van der Waals surface area contributed by atoms with Crippen LogP contribution in [0.2, 0.25) is 0 Å². The van der Waals surface area contributed by atoms with Crippen molar-refractivity contribution in [2.24, 2.45) is 7.05 Å². The monoisotopic (exact) mass is 352 g/mol. The highest BCUT2D eigenvalue weighted by atomic mass is 79.9. The lowest BCUT2D eigenvalue weighted by atomic mass is 10.2. The van der Waals surface area contributed by atoms with Crippen molar-refractivity contribution in [3.05, 3.63) is 55.8 Å². The van der Waals surface area contributed by atoms with Crippen molar-refractivity contribution in [1.29, 1.82) is 0 Å². The minimum atomic E-state index is -0.536. The third-order valence-corrected chi connectivity index (χ3v) is 4.03. The number of rotatable bonds is 4. The molecule has 7 nitrogen and oxygen atoms in total. The van der Waals surface area contributed by atoms with E-state index >= 15 is 0 Å². The SMILES string of the molecule is Cc1c(CNC(=O)c2cccc([N+](=O)[O-])c2Br)cnn1C. The molecule has 0 aliphatic heterocycles. The van der Waals surface area contributed by atoms with Crippen LogP contribution in [0.15, 0.2) is 28.9 Å². The molecule has 1 aromatic heterocycles. The summed E-state index contributed by atoms with van der Waals surface area (Å²) in [5.74, 6) is -0.381. The van der Waals surface area contributed by atoms with E-state index in [0.29, 0.717) is 6.54 Å². The average molecular weight is 353 g/mol. The Hall–Kier alpha value is -2.22. The minimum absolute atomic E-state index is 0.139. The Morgan fingerprint density at radius 1 is 1.52 bits per heavy atom. The van der Waals surface area contributed by atoms with Gasteiger partial charge in [-0.3, -0.25) is 19.6 Å². The van der Waals surface area contributed by atoms with Crippen LogP contribution in [0.5, 0.6) is 0 Å². The molecule has 1 N–H and O–H groups in total. The Morgan fingerprint density at radius 3 is 2.81 bits per heavy atom. The van der Waals surface area contributed by atoms with Crippen LogP contribution in [0.4, 0.5) is 5.69 Å². The first-order chi connectivity index (χ1) is 9.91. The zero-order valence-corrected chi connectivity index (χ0v) is 13.0. The van der Waals surface area contributed by atoms with Crippen molar-refractivity contribution in [3.8, 4) is 0 Å². The van der Waals surface area contributed by atoms with Gasteiger partial charge in [-0.05, 0) is 28.9 Å². The van der Waals surface area contributed by atoms with E-state index in [-0.39, 0.29) is 21.6 Å². The van der Waals surface area contributed by atoms with Gasteiger partial charge in [0.25, 0.3) is 11.6 Å². The van der Waals surface area contributed by atoms with Gasteiger partial charge in [-0.15, -0.1) is 0 Å². The van der Waals surface area contributed by atoms with Crippen molar-refractivity contribution in [2.75, 3.05) is 0 Å². The molecule has 0 saturated heterocycles. The van der Waals surface area contributed by atoms with Crippen LogP contribution in [0.25, 0.3) is 0 Å². The molecule has 0 atom stereocenters. The second kappa shape index (κ2) is 6.04. The van der Waals surface area contributed by atoms with Gasteiger partial charge in [0.15, 0.2) is 0 Å². The predicted molar refractivity (Wildman–Crippen MR) is 79.9 cm³/mol. The molecule has 0 spiro atoms. The summed E-state index contributed by atoms with van der Waals surface area (Å²) in [6.07, 6.45) is 1.68. The third kappa shape index (κ3) is 3.10. The Balaban J connectivity index is 2.16. The Bertz CT molecular complexity index is 711.